The van der Waals surface area contributed by atoms with Gasteiger partial charge in [0.05, 0.1) is 12.2 Å². The van der Waals surface area contributed by atoms with E-state index in [4.69, 9.17) is 9.84 Å². The summed E-state index contributed by atoms with van der Waals surface area (Å²) in [7, 11) is 0. The molecule has 2 rings (SSSR count). The summed E-state index contributed by atoms with van der Waals surface area (Å²) in [4.78, 5) is 10.5. The Morgan fingerprint density at radius 2 is 1.61 bits per heavy atom. The smallest absolute Gasteiger partial charge is 0.453 e. The topological polar surface area (TPSA) is 55.8 Å². The Morgan fingerprint density at radius 1 is 0.970 bits per heavy atom. The molecule has 0 bridgehead atoms. The molecule has 0 radical (unpaired) electrons. The lowest BCUT2D eigenvalue weighted by Crippen LogP contribution is -2.36. The van der Waals surface area contributed by atoms with Crippen molar-refractivity contribution in [3.8, 4) is 11.5 Å². The SMILES string of the molecule is O=C(O)/C=C/c1ccc(C(F)(F)Oc2ccc(OCCCC(F)(F)C(F)(F)F)cc2F)cc1. The highest BCUT2D eigenvalue weighted by atomic mass is 19.4. The third kappa shape index (κ3) is 7.36. The molecule has 1 N–H and O–H groups in total. The van der Waals surface area contributed by atoms with Crippen molar-refractivity contribution in [2.75, 3.05) is 6.61 Å². The van der Waals surface area contributed by atoms with E-state index in [0.29, 0.717) is 11.6 Å². The molecule has 0 aliphatic rings. The van der Waals surface area contributed by atoms with E-state index in [0.717, 1.165) is 30.3 Å². The number of benzene rings is 2. The van der Waals surface area contributed by atoms with Crippen LogP contribution in [0.4, 0.5) is 35.1 Å². The van der Waals surface area contributed by atoms with Gasteiger partial charge in [-0.1, -0.05) is 12.1 Å². The molecular weight excluding hydrogens is 468 g/mol. The van der Waals surface area contributed by atoms with Gasteiger partial charge in [-0.25, -0.2) is 9.18 Å². The normalized spacial score (nSPS) is 12.7. The fourth-order valence-electron chi connectivity index (χ4n) is 2.43. The number of carboxylic acids is 1. The number of hydrogen-bond acceptors (Lipinski definition) is 3. The zero-order chi connectivity index (χ0) is 24.9. The van der Waals surface area contributed by atoms with Crippen LogP contribution in [-0.2, 0) is 10.9 Å². The summed E-state index contributed by atoms with van der Waals surface area (Å²) < 4.78 is 114. The van der Waals surface area contributed by atoms with Crippen LogP contribution in [0.1, 0.15) is 24.0 Å². The highest BCUT2D eigenvalue weighted by Gasteiger charge is 2.56. The van der Waals surface area contributed by atoms with Gasteiger partial charge in [-0.2, -0.15) is 30.7 Å². The molecule has 0 heterocycles. The molecule has 0 aliphatic heterocycles. The summed E-state index contributed by atoms with van der Waals surface area (Å²) in [6.07, 6.45) is -9.90. The molecule has 0 aliphatic carbocycles. The lowest BCUT2D eigenvalue weighted by molar-refractivity contribution is -0.284. The monoisotopic (exact) mass is 484 g/mol. The zero-order valence-electron chi connectivity index (χ0n) is 16.5. The quantitative estimate of drug-likeness (QED) is 0.241. The number of carbonyl (C=O) groups is 1. The summed E-state index contributed by atoms with van der Waals surface area (Å²) in [5, 5.41) is 8.55. The summed E-state index contributed by atoms with van der Waals surface area (Å²) in [5.41, 5.74) is -0.335. The third-order valence-corrected chi connectivity index (χ3v) is 4.13. The molecule has 2 aromatic carbocycles. The average Bonchev–Trinajstić information content (AvgIpc) is 2.71. The van der Waals surface area contributed by atoms with Gasteiger partial charge >= 0.3 is 24.2 Å². The van der Waals surface area contributed by atoms with Gasteiger partial charge in [0.15, 0.2) is 11.6 Å². The third-order valence-electron chi connectivity index (χ3n) is 4.13. The van der Waals surface area contributed by atoms with E-state index in [1.54, 1.807) is 0 Å². The molecule has 0 amide bonds. The Kier molecular flexibility index (Phi) is 7.93. The second-order valence-electron chi connectivity index (χ2n) is 6.66. The fraction of sp³-hybridized carbons (Fsp3) is 0.286. The second kappa shape index (κ2) is 10.1. The maximum absolute atomic E-state index is 14.3. The number of rotatable bonds is 10. The molecule has 4 nitrogen and oxygen atoms in total. The predicted molar refractivity (Wildman–Crippen MR) is 99.8 cm³/mol. The van der Waals surface area contributed by atoms with Crippen molar-refractivity contribution < 1.29 is 54.5 Å². The van der Waals surface area contributed by atoms with Gasteiger partial charge in [0.2, 0.25) is 0 Å². The molecule has 180 valence electrons. The van der Waals surface area contributed by atoms with E-state index in [1.165, 1.54) is 18.2 Å². The second-order valence-corrected chi connectivity index (χ2v) is 6.66. The lowest BCUT2D eigenvalue weighted by atomic mass is 10.1. The van der Waals surface area contributed by atoms with Gasteiger partial charge in [-0.05, 0) is 42.3 Å². The summed E-state index contributed by atoms with van der Waals surface area (Å²) in [6.45, 7) is -0.593. The van der Waals surface area contributed by atoms with Crippen LogP contribution in [0, 0.1) is 5.82 Å². The first-order chi connectivity index (χ1) is 15.2. The van der Waals surface area contributed by atoms with E-state index in [2.05, 4.69) is 4.74 Å². The minimum absolute atomic E-state index is 0.284. The number of ether oxygens (including phenoxy) is 2. The number of halogens is 8. The molecule has 0 unspecified atom stereocenters. The maximum Gasteiger partial charge on any atom is 0.453 e. The van der Waals surface area contributed by atoms with Gasteiger partial charge in [0, 0.05) is 18.6 Å². The predicted octanol–water partition coefficient (Wildman–Crippen LogP) is 6.41. The molecule has 12 heteroatoms. The molecule has 0 fully saturated rings. The minimum Gasteiger partial charge on any atom is -0.493 e. The number of carboxylic acid groups (broad SMARTS) is 1. The van der Waals surface area contributed by atoms with Gasteiger partial charge in [0.1, 0.15) is 5.75 Å². The van der Waals surface area contributed by atoms with Crippen molar-refractivity contribution >= 4 is 12.0 Å². The Hall–Kier alpha value is -3.31. The van der Waals surface area contributed by atoms with Crippen LogP contribution in [0.15, 0.2) is 48.5 Å². The zero-order valence-corrected chi connectivity index (χ0v) is 16.5. The Morgan fingerprint density at radius 3 is 2.15 bits per heavy atom. The number of alkyl halides is 7. The Labute approximate surface area is 182 Å². The van der Waals surface area contributed by atoms with Crippen molar-refractivity contribution in [3.05, 3.63) is 65.5 Å². The Balaban J connectivity index is 1.98. The van der Waals surface area contributed by atoms with Crippen LogP contribution in [-0.4, -0.2) is 29.8 Å². The lowest BCUT2D eigenvalue weighted by Gasteiger charge is -2.20. The molecule has 33 heavy (non-hydrogen) atoms. The van der Waals surface area contributed by atoms with E-state index in [1.807, 2.05) is 0 Å². The van der Waals surface area contributed by atoms with E-state index >= 15 is 0 Å². The fourth-order valence-corrected chi connectivity index (χ4v) is 2.43. The molecule has 0 saturated heterocycles. The van der Waals surface area contributed by atoms with Gasteiger partial charge in [-0.15, -0.1) is 0 Å². The Bertz CT molecular complexity index is 985. The molecule has 0 saturated carbocycles. The van der Waals surface area contributed by atoms with Crippen LogP contribution < -0.4 is 9.47 Å². The van der Waals surface area contributed by atoms with Gasteiger partial charge < -0.3 is 14.6 Å². The summed E-state index contributed by atoms with van der Waals surface area (Å²) >= 11 is 0. The van der Waals surface area contributed by atoms with Crippen LogP contribution in [0.3, 0.4) is 0 Å². The number of hydrogen-bond donors (Lipinski definition) is 1. The highest BCUT2D eigenvalue weighted by Crippen LogP contribution is 2.39. The van der Waals surface area contributed by atoms with E-state index < -0.39 is 60.8 Å². The van der Waals surface area contributed by atoms with Crippen molar-refractivity contribution in [1.82, 2.24) is 0 Å². The number of aliphatic carboxylic acids is 1. The van der Waals surface area contributed by atoms with Crippen LogP contribution in [0.5, 0.6) is 11.5 Å². The average molecular weight is 484 g/mol. The largest absolute Gasteiger partial charge is 0.493 e. The van der Waals surface area contributed by atoms with Crippen molar-refractivity contribution in [2.24, 2.45) is 0 Å². The first kappa shape index (κ1) is 25.9. The molecule has 0 atom stereocenters. The van der Waals surface area contributed by atoms with Crippen LogP contribution in [0.25, 0.3) is 6.08 Å². The summed E-state index contributed by atoms with van der Waals surface area (Å²) in [6, 6.07) is 6.68. The molecular formula is C21H16F8O4. The first-order valence-corrected chi connectivity index (χ1v) is 9.16. The maximum atomic E-state index is 14.3. The van der Waals surface area contributed by atoms with Crippen LogP contribution in [0.2, 0.25) is 0 Å². The minimum atomic E-state index is -5.70. The summed E-state index contributed by atoms with van der Waals surface area (Å²) in [5.74, 6) is -8.56. The molecule has 0 aromatic heterocycles. The van der Waals surface area contributed by atoms with Crippen LogP contribution >= 0.6 is 0 Å². The molecule has 0 spiro atoms. The van der Waals surface area contributed by atoms with Crippen molar-refractivity contribution in [1.29, 1.82) is 0 Å². The standard InChI is InChI=1S/C21H16F8O4/c22-16-12-15(32-11-1-10-19(23,24)21(27,28)29)7-8-17(16)33-20(25,26)14-5-2-13(3-6-14)4-9-18(30)31/h2-9,12H,1,10-11H2,(H,30,31)/b9-4+. The van der Waals surface area contributed by atoms with Gasteiger partial charge in [-0.3, -0.25) is 0 Å². The first-order valence-electron chi connectivity index (χ1n) is 9.16. The van der Waals surface area contributed by atoms with E-state index in [9.17, 15) is 39.9 Å². The van der Waals surface area contributed by atoms with E-state index in [-0.39, 0.29) is 5.75 Å². The van der Waals surface area contributed by atoms with Crippen molar-refractivity contribution in [2.45, 2.75) is 31.0 Å². The highest BCUT2D eigenvalue weighted by molar-refractivity contribution is 5.85. The molecule has 2 aromatic rings. The van der Waals surface area contributed by atoms with Crippen molar-refractivity contribution in [3.63, 3.8) is 0 Å². The van der Waals surface area contributed by atoms with Gasteiger partial charge in [0.25, 0.3) is 0 Å².